The van der Waals surface area contributed by atoms with E-state index in [0.29, 0.717) is 18.7 Å². The van der Waals surface area contributed by atoms with Crippen molar-refractivity contribution in [2.45, 2.75) is 58.5 Å². The fraction of sp³-hybridized carbons (Fsp3) is 0.611. The summed E-state index contributed by atoms with van der Waals surface area (Å²) in [6.45, 7) is 5.50. The molecule has 5 heteroatoms. The molecule has 23 heavy (non-hydrogen) atoms. The van der Waals surface area contributed by atoms with E-state index in [4.69, 9.17) is 0 Å². The summed E-state index contributed by atoms with van der Waals surface area (Å²) in [5.74, 6) is -0.177. The van der Waals surface area contributed by atoms with Gasteiger partial charge in [-0.2, -0.15) is 13.2 Å². The van der Waals surface area contributed by atoms with Gasteiger partial charge in [-0.1, -0.05) is 39.5 Å². The number of unbranched alkanes of at least 4 members (excludes halogenated alkanes) is 4. The lowest BCUT2D eigenvalue weighted by molar-refractivity contribution is -0.137. The molecule has 2 nitrogen and oxygen atoms in total. The highest BCUT2D eigenvalue weighted by Crippen LogP contribution is 2.29. The van der Waals surface area contributed by atoms with E-state index in [-0.39, 0.29) is 5.91 Å². The fourth-order valence-electron chi connectivity index (χ4n) is 2.38. The molecule has 0 atom stereocenters. The van der Waals surface area contributed by atoms with Crippen LogP contribution < -0.4 is 0 Å². The van der Waals surface area contributed by atoms with Crippen molar-refractivity contribution in [1.82, 2.24) is 4.90 Å². The third-order valence-corrected chi connectivity index (χ3v) is 3.81. The molecule has 0 saturated heterocycles. The van der Waals surface area contributed by atoms with Crippen LogP contribution in [0.3, 0.4) is 0 Å². The van der Waals surface area contributed by atoms with Crippen LogP contribution in [-0.2, 0) is 6.18 Å². The molecule has 0 aliphatic rings. The highest BCUT2D eigenvalue weighted by atomic mass is 19.4. The van der Waals surface area contributed by atoms with E-state index in [0.717, 1.165) is 50.7 Å². The SMILES string of the molecule is CCCCCCN(CCCC)C(=O)c1ccc(C(F)(F)F)cc1. The maximum atomic E-state index is 12.6. The average molecular weight is 329 g/mol. The number of hydrogen-bond acceptors (Lipinski definition) is 1. The molecule has 0 unspecified atom stereocenters. The molecular formula is C18H26F3NO. The largest absolute Gasteiger partial charge is 0.416 e. The molecular weight excluding hydrogens is 303 g/mol. The standard InChI is InChI=1S/C18H26F3NO/c1-3-5-7-8-14-22(13-6-4-2)17(23)15-9-11-16(12-10-15)18(19,20)21/h9-12H,3-8,13-14H2,1-2H3. The van der Waals surface area contributed by atoms with Gasteiger partial charge in [-0.25, -0.2) is 0 Å². The maximum absolute atomic E-state index is 12.6. The minimum atomic E-state index is -4.37. The number of halogens is 3. The summed E-state index contributed by atoms with van der Waals surface area (Å²) in [5.41, 5.74) is -0.401. The monoisotopic (exact) mass is 329 g/mol. The predicted molar refractivity (Wildman–Crippen MR) is 86.4 cm³/mol. The van der Waals surface area contributed by atoms with Crippen LogP contribution >= 0.6 is 0 Å². The number of alkyl halides is 3. The van der Waals surface area contributed by atoms with E-state index in [2.05, 4.69) is 13.8 Å². The number of rotatable bonds is 9. The van der Waals surface area contributed by atoms with Gasteiger partial charge in [0.05, 0.1) is 5.56 Å². The van der Waals surface area contributed by atoms with Gasteiger partial charge in [-0.05, 0) is 37.1 Å². The molecule has 0 spiro atoms. The van der Waals surface area contributed by atoms with Crippen LogP contribution in [0.5, 0.6) is 0 Å². The van der Waals surface area contributed by atoms with Gasteiger partial charge in [0, 0.05) is 18.7 Å². The first kappa shape index (κ1) is 19.5. The first-order valence-electron chi connectivity index (χ1n) is 8.36. The molecule has 0 fully saturated rings. The zero-order valence-corrected chi connectivity index (χ0v) is 14.0. The van der Waals surface area contributed by atoms with Crippen molar-refractivity contribution in [3.63, 3.8) is 0 Å². The molecule has 0 heterocycles. The Bertz CT molecular complexity index is 468. The van der Waals surface area contributed by atoms with E-state index in [1.54, 1.807) is 4.90 Å². The lowest BCUT2D eigenvalue weighted by atomic mass is 10.1. The Kier molecular flexibility index (Phi) is 8.13. The van der Waals surface area contributed by atoms with E-state index in [1.807, 2.05) is 0 Å². The van der Waals surface area contributed by atoms with Crippen molar-refractivity contribution < 1.29 is 18.0 Å². The van der Waals surface area contributed by atoms with Gasteiger partial charge in [0.25, 0.3) is 5.91 Å². The van der Waals surface area contributed by atoms with Gasteiger partial charge < -0.3 is 4.90 Å². The molecule has 1 amide bonds. The summed E-state index contributed by atoms with van der Waals surface area (Å²) in [7, 11) is 0. The Morgan fingerprint density at radius 2 is 1.48 bits per heavy atom. The fourth-order valence-corrected chi connectivity index (χ4v) is 2.38. The minimum absolute atomic E-state index is 0.177. The van der Waals surface area contributed by atoms with E-state index in [1.165, 1.54) is 12.1 Å². The second kappa shape index (κ2) is 9.58. The summed E-state index contributed by atoms with van der Waals surface area (Å²) in [6, 6.07) is 4.50. The lowest BCUT2D eigenvalue weighted by Crippen LogP contribution is -2.33. The second-order valence-electron chi connectivity index (χ2n) is 5.78. The quantitative estimate of drug-likeness (QED) is 0.546. The van der Waals surface area contributed by atoms with Gasteiger partial charge in [0.1, 0.15) is 0 Å². The van der Waals surface area contributed by atoms with E-state index >= 15 is 0 Å². The molecule has 0 aliphatic carbocycles. The smallest absolute Gasteiger partial charge is 0.339 e. The normalized spacial score (nSPS) is 11.5. The van der Waals surface area contributed by atoms with Gasteiger partial charge in [-0.3, -0.25) is 4.79 Å². The van der Waals surface area contributed by atoms with E-state index in [9.17, 15) is 18.0 Å². The van der Waals surface area contributed by atoms with Crippen LogP contribution in [0, 0.1) is 0 Å². The van der Waals surface area contributed by atoms with Crippen molar-refractivity contribution in [3.8, 4) is 0 Å². The van der Waals surface area contributed by atoms with Crippen LogP contribution in [0.15, 0.2) is 24.3 Å². The van der Waals surface area contributed by atoms with Crippen molar-refractivity contribution in [2.24, 2.45) is 0 Å². The third-order valence-electron chi connectivity index (χ3n) is 3.81. The van der Waals surface area contributed by atoms with Gasteiger partial charge >= 0.3 is 6.18 Å². The molecule has 1 rings (SSSR count). The molecule has 0 radical (unpaired) electrons. The topological polar surface area (TPSA) is 20.3 Å². The number of carbonyl (C=O) groups is 1. The van der Waals surface area contributed by atoms with Crippen LogP contribution in [-0.4, -0.2) is 23.9 Å². The van der Waals surface area contributed by atoms with Gasteiger partial charge in [0.2, 0.25) is 0 Å². The minimum Gasteiger partial charge on any atom is -0.339 e. The highest BCUT2D eigenvalue weighted by Gasteiger charge is 2.30. The predicted octanol–water partition coefficient (Wildman–Crippen LogP) is 5.53. The molecule has 1 aromatic carbocycles. The van der Waals surface area contributed by atoms with Crippen molar-refractivity contribution in [3.05, 3.63) is 35.4 Å². The van der Waals surface area contributed by atoms with E-state index < -0.39 is 11.7 Å². The summed E-state index contributed by atoms with van der Waals surface area (Å²) in [4.78, 5) is 14.3. The van der Waals surface area contributed by atoms with Crippen LogP contribution in [0.1, 0.15) is 68.3 Å². The molecule has 130 valence electrons. The summed E-state index contributed by atoms with van der Waals surface area (Å²) < 4.78 is 37.8. The Morgan fingerprint density at radius 3 is 2.00 bits per heavy atom. The van der Waals surface area contributed by atoms with Gasteiger partial charge in [0.15, 0.2) is 0 Å². The van der Waals surface area contributed by atoms with Crippen LogP contribution in [0.2, 0.25) is 0 Å². The van der Waals surface area contributed by atoms with Crippen LogP contribution in [0.4, 0.5) is 13.2 Å². The number of carbonyl (C=O) groups excluding carboxylic acids is 1. The maximum Gasteiger partial charge on any atom is 0.416 e. The highest BCUT2D eigenvalue weighted by molar-refractivity contribution is 5.94. The molecule has 0 N–H and O–H groups in total. The van der Waals surface area contributed by atoms with Crippen molar-refractivity contribution >= 4 is 5.91 Å². The Labute approximate surface area is 136 Å². The Balaban J connectivity index is 2.74. The summed E-state index contributed by atoms with van der Waals surface area (Å²) >= 11 is 0. The molecule has 0 aliphatic heterocycles. The van der Waals surface area contributed by atoms with Gasteiger partial charge in [-0.15, -0.1) is 0 Å². The first-order chi connectivity index (χ1) is 10.9. The van der Waals surface area contributed by atoms with Crippen molar-refractivity contribution in [1.29, 1.82) is 0 Å². The Hall–Kier alpha value is -1.52. The third kappa shape index (κ3) is 6.63. The number of amides is 1. The Morgan fingerprint density at radius 1 is 0.913 bits per heavy atom. The van der Waals surface area contributed by atoms with Crippen molar-refractivity contribution in [2.75, 3.05) is 13.1 Å². The zero-order chi connectivity index (χ0) is 17.3. The molecule has 0 saturated carbocycles. The average Bonchev–Trinajstić information content (AvgIpc) is 2.53. The molecule has 0 aromatic heterocycles. The summed E-state index contributed by atoms with van der Waals surface area (Å²) in [5, 5.41) is 0. The summed E-state index contributed by atoms with van der Waals surface area (Å²) in [6.07, 6.45) is 1.77. The first-order valence-corrected chi connectivity index (χ1v) is 8.36. The number of hydrogen-bond donors (Lipinski definition) is 0. The zero-order valence-electron chi connectivity index (χ0n) is 14.0. The number of nitrogens with zero attached hydrogens (tertiary/aromatic N) is 1. The molecule has 0 bridgehead atoms. The molecule has 1 aromatic rings. The lowest BCUT2D eigenvalue weighted by Gasteiger charge is -2.23. The number of benzene rings is 1. The van der Waals surface area contributed by atoms with Crippen LogP contribution in [0.25, 0.3) is 0 Å². The second-order valence-corrected chi connectivity index (χ2v) is 5.78.